The SMILES string of the molecule is CN(CCCc1ccccc1)C(=O)Nc1ccccc1Cl. The molecule has 1 N–H and O–H groups in total. The Bertz CT molecular complexity index is 586. The van der Waals surface area contributed by atoms with E-state index in [0.29, 0.717) is 17.3 Å². The molecule has 0 spiro atoms. The number of aryl methyl sites for hydroxylation is 1. The molecule has 0 aliphatic rings. The summed E-state index contributed by atoms with van der Waals surface area (Å²) in [4.78, 5) is 13.7. The predicted molar refractivity (Wildman–Crippen MR) is 87.9 cm³/mol. The molecule has 110 valence electrons. The van der Waals surface area contributed by atoms with Gasteiger partial charge in [-0.1, -0.05) is 54.1 Å². The van der Waals surface area contributed by atoms with Crippen LogP contribution in [0.15, 0.2) is 54.6 Å². The maximum absolute atomic E-state index is 12.1. The van der Waals surface area contributed by atoms with Crippen LogP contribution in [-0.4, -0.2) is 24.5 Å². The number of rotatable bonds is 5. The summed E-state index contributed by atoms with van der Waals surface area (Å²) in [6, 6.07) is 17.4. The van der Waals surface area contributed by atoms with Crippen LogP contribution in [0.2, 0.25) is 5.02 Å². The van der Waals surface area contributed by atoms with Crippen molar-refractivity contribution in [1.29, 1.82) is 0 Å². The second-order valence-electron chi connectivity index (χ2n) is 4.92. The Morgan fingerprint density at radius 2 is 1.76 bits per heavy atom. The van der Waals surface area contributed by atoms with Gasteiger partial charge in [-0.15, -0.1) is 0 Å². The zero-order chi connectivity index (χ0) is 15.1. The van der Waals surface area contributed by atoms with Gasteiger partial charge in [-0.2, -0.15) is 0 Å². The van der Waals surface area contributed by atoms with E-state index < -0.39 is 0 Å². The molecule has 3 nitrogen and oxygen atoms in total. The topological polar surface area (TPSA) is 32.3 Å². The van der Waals surface area contributed by atoms with Crippen molar-refractivity contribution in [2.75, 3.05) is 18.9 Å². The molecule has 2 aromatic carbocycles. The molecule has 0 unspecified atom stereocenters. The number of nitrogens with one attached hydrogen (secondary N) is 1. The quantitative estimate of drug-likeness (QED) is 0.870. The lowest BCUT2D eigenvalue weighted by molar-refractivity contribution is 0.222. The minimum absolute atomic E-state index is 0.142. The van der Waals surface area contributed by atoms with Crippen molar-refractivity contribution in [3.05, 3.63) is 65.2 Å². The summed E-state index contributed by atoms with van der Waals surface area (Å²) in [5, 5.41) is 3.36. The first-order valence-electron chi connectivity index (χ1n) is 6.97. The van der Waals surface area contributed by atoms with Crippen molar-refractivity contribution in [1.82, 2.24) is 4.90 Å². The lowest BCUT2D eigenvalue weighted by atomic mass is 10.1. The van der Waals surface area contributed by atoms with Crippen molar-refractivity contribution in [3.8, 4) is 0 Å². The lowest BCUT2D eigenvalue weighted by Crippen LogP contribution is -2.32. The number of carbonyl (C=O) groups excluding carboxylic acids is 1. The highest BCUT2D eigenvalue weighted by molar-refractivity contribution is 6.33. The van der Waals surface area contributed by atoms with Gasteiger partial charge in [0.05, 0.1) is 10.7 Å². The van der Waals surface area contributed by atoms with E-state index in [0.717, 1.165) is 12.8 Å². The number of urea groups is 1. The van der Waals surface area contributed by atoms with Crippen LogP contribution < -0.4 is 5.32 Å². The second-order valence-corrected chi connectivity index (χ2v) is 5.33. The van der Waals surface area contributed by atoms with Crippen LogP contribution in [0.5, 0.6) is 0 Å². The molecule has 0 atom stereocenters. The molecular formula is C17H19ClN2O. The normalized spacial score (nSPS) is 10.2. The molecule has 2 amide bonds. The first-order chi connectivity index (χ1) is 10.2. The number of nitrogens with zero attached hydrogens (tertiary/aromatic N) is 1. The van der Waals surface area contributed by atoms with Crippen LogP contribution in [0.25, 0.3) is 0 Å². The molecule has 0 fully saturated rings. The van der Waals surface area contributed by atoms with Crippen LogP contribution in [0.3, 0.4) is 0 Å². The Kier molecular flexibility index (Phi) is 5.64. The van der Waals surface area contributed by atoms with E-state index in [-0.39, 0.29) is 6.03 Å². The van der Waals surface area contributed by atoms with E-state index in [1.165, 1.54) is 5.56 Å². The number of para-hydroxylation sites is 1. The van der Waals surface area contributed by atoms with Gasteiger partial charge in [0.25, 0.3) is 0 Å². The second kappa shape index (κ2) is 7.70. The third kappa shape index (κ3) is 4.80. The molecule has 4 heteroatoms. The van der Waals surface area contributed by atoms with E-state index in [1.807, 2.05) is 30.3 Å². The summed E-state index contributed by atoms with van der Waals surface area (Å²) in [7, 11) is 1.79. The molecule has 0 radical (unpaired) electrons. The Hall–Kier alpha value is -2.00. The Morgan fingerprint density at radius 3 is 2.48 bits per heavy atom. The molecule has 0 bridgehead atoms. The van der Waals surface area contributed by atoms with Gasteiger partial charge in [0, 0.05) is 13.6 Å². The van der Waals surface area contributed by atoms with E-state index >= 15 is 0 Å². The fraction of sp³-hybridized carbons (Fsp3) is 0.235. The van der Waals surface area contributed by atoms with Crippen molar-refractivity contribution in [3.63, 3.8) is 0 Å². The van der Waals surface area contributed by atoms with Crippen molar-refractivity contribution >= 4 is 23.3 Å². The Morgan fingerprint density at radius 1 is 1.10 bits per heavy atom. The number of benzene rings is 2. The van der Waals surface area contributed by atoms with E-state index in [9.17, 15) is 4.79 Å². The van der Waals surface area contributed by atoms with Gasteiger partial charge in [-0.05, 0) is 30.5 Å². The van der Waals surface area contributed by atoms with Crippen LogP contribution in [-0.2, 0) is 6.42 Å². The lowest BCUT2D eigenvalue weighted by Gasteiger charge is -2.18. The minimum atomic E-state index is -0.142. The van der Waals surface area contributed by atoms with Crippen molar-refractivity contribution in [2.45, 2.75) is 12.8 Å². The molecule has 0 aliphatic heterocycles. The number of carbonyl (C=O) groups is 1. The highest BCUT2D eigenvalue weighted by atomic mass is 35.5. The largest absolute Gasteiger partial charge is 0.328 e. The average molecular weight is 303 g/mol. The summed E-state index contributed by atoms with van der Waals surface area (Å²) < 4.78 is 0. The van der Waals surface area contributed by atoms with Crippen LogP contribution in [0, 0.1) is 0 Å². The van der Waals surface area contributed by atoms with Gasteiger partial charge in [0.15, 0.2) is 0 Å². The number of hydrogen-bond acceptors (Lipinski definition) is 1. The standard InChI is InChI=1S/C17H19ClN2O/c1-20(13-7-10-14-8-3-2-4-9-14)17(21)19-16-12-6-5-11-15(16)18/h2-6,8-9,11-12H,7,10,13H2,1H3,(H,19,21). The summed E-state index contributed by atoms with van der Waals surface area (Å²) in [6.07, 6.45) is 1.89. The summed E-state index contributed by atoms with van der Waals surface area (Å²) in [6.45, 7) is 0.700. The molecule has 0 aliphatic carbocycles. The fourth-order valence-electron chi connectivity index (χ4n) is 2.04. The molecule has 2 aromatic rings. The van der Waals surface area contributed by atoms with Gasteiger partial charge in [0.1, 0.15) is 0 Å². The minimum Gasteiger partial charge on any atom is -0.328 e. The molecule has 0 saturated heterocycles. The van der Waals surface area contributed by atoms with Crippen LogP contribution >= 0.6 is 11.6 Å². The number of halogens is 1. The summed E-state index contributed by atoms with van der Waals surface area (Å²) in [5.41, 5.74) is 1.93. The van der Waals surface area contributed by atoms with Gasteiger partial charge in [0.2, 0.25) is 0 Å². The van der Waals surface area contributed by atoms with Crippen LogP contribution in [0.4, 0.5) is 10.5 Å². The van der Waals surface area contributed by atoms with Crippen molar-refractivity contribution in [2.24, 2.45) is 0 Å². The molecule has 2 rings (SSSR count). The van der Waals surface area contributed by atoms with Crippen molar-refractivity contribution < 1.29 is 4.79 Å². The molecule has 0 heterocycles. The van der Waals surface area contributed by atoms with Gasteiger partial charge in [-0.3, -0.25) is 0 Å². The highest BCUT2D eigenvalue weighted by Crippen LogP contribution is 2.20. The van der Waals surface area contributed by atoms with E-state index in [4.69, 9.17) is 11.6 Å². The van der Waals surface area contributed by atoms with Gasteiger partial charge < -0.3 is 10.2 Å². The monoisotopic (exact) mass is 302 g/mol. The Balaban J connectivity index is 1.79. The average Bonchev–Trinajstić information content (AvgIpc) is 2.50. The Labute approximate surface area is 130 Å². The number of hydrogen-bond donors (Lipinski definition) is 1. The maximum atomic E-state index is 12.1. The van der Waals surface area contributed by atoms with Gasteiger partial charge in [-0.25, -0.2) is 4.79 Å². The van der Waals surface area contributed by atoms with E-state index in [2.05, 4.69) is 17.4 Å². The molecule has 0 aromatic heterocycles. The molecule has 0 saturated carbocycles. The highest BCUT2D eigenvalue weighted by Gasteiger charge is 2.09. The third-order valence-electron chi connectivity index (χ3n) is 3.26. The maximum Gasteiger partial charge on any atom is 0.321 e. The molecular weight excluding hydrogens is 284 g/mol. The third-order valence-corrected chi connectivity index (χ3v) is 3.59. The number of amides is 2. The van der Waals surface area contributed by atoms with Crippen LogP contribution in [0.1, 0.15) is 12.0 Å². The number of anilines is 1. The summed E-state index contributed by atoms with van der Waals surface area (Å²) in [5.74, 6) is 0. The fourth-order valence-corrected chi connectivity index (χ4v) is 2.22. The van der Waals surface area contributed by atoms with Gasteiger partial charge >= 0.3 is 6.03 Å². The summed E-state index contributed by atoms with van der Waals surface area (Å²) >= 11 is 6.02. The predicted octanol–water partition coefficient (Wildman–Crippen LogP) is 4.44. The van der Waals surface area contributed by atoms with E-state index in [1.54, 1.807) is 24.1 Å². The zero-order valence-electron chi connectivity index (χ0n) is 12.1. The molecule has 21 heavy (non-hydrogen) atoms. The first kappa shape index (κ1) is 15.4. The zero-order valence-corrected chi connectivity index (χ0v) is 12.8. The smallest absolute Gasteiger partial charge is 0.321 e. The first-order valence-corrected chi connectivity index (χ1v) is 7.35.